The van der Waals surface area contributed by atoms with E-state index in [9.17, 15) is 10.1 Å². The van der Waals surface area contributed by atoms with Gasteiger partial charge in [-0.15, -0.1) is 0 Å². The molecule has 0 radical (unpaired) electrons. The molecule has 0 saturated heterocycles. The molecule has 1 atom stereocenters. The lowest BCUT2D eigenvalue weighted by molar-refractivity contribution is 0.0936. The fourth-order valence-corrected chi connectivity index (χ4v) is 3.13. The lowest BCUT2D eigenvalue weighted by atomic mass is 10.1. The number of rotatable bonds is 6. The van der Waals surface area contributed by atoms with Gasteiger partial charge in [-0.25, -0.2) is 15.0 Å². The van der Waals surface area contributed by atoms with Crippen LogP contribution in [0.25, 0.3) is 5.82 Å². The summed E-state index contributed by atoms with van der Waals surface area (Å²) in [5, 5.41) is 25.2. The van der Waals surface area contributed by atoms with Crippen molar-refractivity contribution in [1.82, 2.24) is 30.0 Å². The van der Waals surface area contributed by atoms with Gasteiger partial charge in [0.05, 0.1) is 6.04 Å². The minimum atomic E-state index is -1.04. The molecular formula is C20H17BrN8O2. The van der Waals surface area contributed by atoms with Gasteiger partial charge in [-0.3, -0.25) is 4.79 Å². The highest BCUT2D eigenvalue weighted by Gasteiger charge is 2.22. The Labute approximate surface area is 186 Å². The molecule has 156 valence electrons. The summed E-state index contributed by atoms with van der Waals surface area (Å²) in [5.74, 6) is 0.792. The number of aromatic nitrogens is 5. The SMILES string of the molecule is C[C@H](NC(=O)c1cc(Br)cc(OC(C)(C)C#N)c1)c1ncnn1-c1cc(C#N)ncn1. The summed E-state index contributed by atoms with van der Waals surface area (Å²) in [7, 11) is 0. The highest BCUT2D eigenvalue weighted by atomic mass is 79.9. The summed E-state index contributed by atoms with van der Waals surface area (Å²) >= 11 is 3.36. The van der Waals surface area contributed by atoms with Crippen molar-refractivity contribution in [2.45, 2.75) is 32.4 Å². The molecule has 0 fully saturated rings. The third kappa shape index (κ3) is 5.21. The van der Waals surface area contributed by atoms with Gasteiger partial charge in [-0.2, -0.15) is 20.3 Å². The molecule has 0 aliphatic carbocycles. The van der Waals surface area contributed by atoms with E-state index in [2.05, 4.69) is 47.4 Å². The molecule has 1 aromatic carbocycles. The molecule has 0 spiro atoms. The second kappa shape index (κ2) is 8.90. The first-order valence-corrected chi connectivity index (χ1v) is 9.86. The summed E-state index contributed by atoms with van der Waals surface area (Å²) in [6.45, 7) is 5.01. The van der Waals surface area contributed by atoms with E-state index in [0.717, 1.165) is 0 Å². The number of amides is 1. The molecule has 0 saturated carbocycles. The van der Waals surface area contributed by atoms with E-state index in [1.165, 1.54) is 23.4 Å². The van der Waals surface area contributed by atoms with E-state index in [1.54, 1.807) is 39.0 Å². The highest BCUT2D eigenvalue weighted by molar-refractivity contribution is 9.10. The first-order valence-electron chi connectivity index (χ1n) is 9.06. The minimum Gasteiger partial charge on any atom is -0.473 e. The summed E-state index contributed by atoms with van der Waals surface area (Å²) in [5.41, 5.74) is -0.520. The summed E-state index contributed by atoms with van der Waals surface area (Å²) in [6, 6.07) is 9.81. The zero-order valence-corrected chi connectivity index (χ0v) is 18.5. The number of carbonyl (C=O) groups excluding carboxylic acids is 1. The lowest BCUT2D eigenvalue weighted by Gasteiger charge is -2.19. The molecule has 2 heterocycles. The monoisotopic (exact) mass is 480 g/mol. The number of nitrogens with zero attached hydrogens (tertiary/aromatic N) is 7. The third-order valence-corrected chi connectivity index (χ3v) is 4.53. The number of nitrogens with one attached hydrogen (secondary N) is 1. The van der Waals surface area contributed by atoms with Crippen molar-refractivity contribution in [1.29, 1.82) is 10.5 Å². The Morgan fingerprint density at radius 2 is 1.97 bits per heavy atom. The number of nitriles is 2. The van der Waals surface area contributed by atoms with Crippen molar-refractivity contribution in [2.75, 3.05) is 0 Å². The Hall–Kier alpha value is -3.83. The minimum absolute atomic E-state index is 0.185. The number of halogens is 1. The van der Waals surface area contributed by atoms with Gasteiger partial charge in [0.25, 0.3) is 5.91 Å². The fraction of sp³-hybridized carbons (Fsp3) is 0.250. The van der Waals surface area contributed by atoms with Gasteiger partial charge in [0, 0.05) is 16.1 Å². The molecule has 2 aromatic heterocycles. The smallest absolute Gasteiger partial charge is 0.252 e. The predicted octanol–water partition coefficient (Wildman–Crippen LogP) is 2.86. The fourth-order valence-electron chi connectivity index (χ4n) is 2.66. The van der Waals surface area contributed by atoms with Gasteiger partial charge < -0.3 is 10.1 Å². The van der Waals surface area contributed by atoms with Crippen molar-refractivity contribution >= 4 is 21.8 Å². The van der Waals surface area contributed by atoms with Gasteiger partial charge in [0.1, 0.15) is 36.2 Å². The molecule has 10 nitrogen and oxygen atoms in total. The zero-order chi connectivity index (χ0) is 22.6. The molecular weight excluding hydrogens is 464 g/mol. The normalized spacial score (nSPS) is 11.8. The highest BCUT2D eigenvalue weighted by Crippen LogP contribution is 2.25. The maximum Gasteiger partial charge on any atom is 0.252 e. The maximum atomic E-state index is 12.9. The maximum absolute atomic E-state index is 12.9. The first kappa shape index (κ1) is 21.9. The quantitative estimate of drug-likeness (QED) is 0.566. The second-order valence-corrected chi connectivity index (χ2v) is 7.91. The molecule has 0 bridgehead atoms. The van der Waals surface area contributed by atoms with Crippen LogP contribution in [0.3, 0.4) is 0 Å². The van der Waals surface area contributed by atoms with Crippen LogP contribution in [0.4, 0.5) is 0 Å². The van der Waals surface area contributed by atoms with E-state index < -0.39 is 11.6 Å². The van der Waals surface area contributed by atoms with E-state index in [4.69, 9.17) is 10.00 Å². The third-order valence-electron chi connectivity index (χ3n) is 4.07. The van der Waals surface area contributed by atoms with Crippen LogP contribution >= 0.6 is 15.9 Å². The Bertz CT molecular complexity index is 1210. The molecule has 1 amide bonds. The van der Waals surface area contributed by atoms with Crippen molar-refractivity contribution in [3.63, 3.8) is 0 Å². The van der Waals surface area contributed by atoms with Gasteiger partial charge in [0.2, 0.25) is 0 Å². The molecule has 0 aliphatic heterocycles. The lowest BCUT2D eigenvalue weighted by Crippen LogP contribution is -2.29. The molecule has 0 unspecified atom stereocenters. The summed E-state index contributed by atoms with van der Waals surface area (Å²) in [4.78, 5) is 25.0. The van der Waals surface area contributed by atoms with Crippen LogP contribution in [-0.2, 0) is 0 Å². The number of carbonyl (C=O) groups is 1. The zero-order valence-electron chi connectivity index (χ0n) is 16.9. The van der Waals surface area contributed by atoms with Gasteiger partial charge in [-0.1, -0.05) is 15.9 Å². The molecule has 31 heavy (non-hydrogen) atoms. The second-order valence-electron chi connectivity index (χ2n) is 7.00. The number of benzene rings is 1. The van der Waals surface area contributed by atoms with Crippen molar-refractivity contribution in [3.8, 4) is 23.7 Å². The number of hydrogen-bond donors (Lipinski definition) is 1. The van der Waals surface area contributed by atoms with Crippen molar-refractivity contribution < 1.29 is 9.53 Å². The van der Waals surface area contributed by atoms with Crippen LogP contribution in [0.15, 0.2) is 41.4 Å². The van der Waals surface area contributed by atoms with E-state index in [0.29, 0.717) is 27.4 Å². The van der Waals surface area contributed by atoms with E-state index >= 15 is 0 Å². The Kier molecular flexibility index (Phi) is 6.28. The van der Waals surface area contributed by atoms with Crippen molar-refractivity contribution in [2.24, 2.45) is 0 Å². The first-order chi connectivity index (χ1) is 14.7. The molecule has 1 N–H and O–H groups in total. The standard InChI is InChI=1S/C20H17BrN8O2/c1-12(18-26-11-27-29(18)17-7-15(8-22)24-10-25-17)28-19(30)13-4-14(21)6-16(5-13)31-20(2,3)9-23/h4-7,10-12H,1-3H3,(H,28,30)/t12-/m0/s1. The topological polar surface area (TPSA) is 142 Å². The number of hydrogen-bond acceptors (Lipinski definition) is 8. The molecule has 3 rings (SSSR count). The Balaban J connectivity index is 1.82. The van der Waals surface area contributed by atoms with Gasteiger partial charge in [0.15, 0.2) is 17.2 Å². The molecule has 3 aromatic rings. The Morgan fingerprint density at radius 1 is 1.19 bits per heavy atom. The van der Waals surface area contributed by atoms with Crippen LogP contribution in [0.2, 0.25) is 0 Å². The largest absolute Gasteiger partial charge is 0.473 e. The summed E-state index contributed by atoms with van der Waals surface area (Å²) < 4.78 is 7.72. The van der Waals surface area contributed by atoms with Crippen LogP contribution < -0.4 is 10.1 Å². The van der Waals surface area contributed by atoms with Crippen LogP contribution in [0.1, 0.15) is 48.7 Å². The van der Waals surface area contributed by atoms with Gasteiger partial charge in [-0.05, 0) is 39.0 Å². The average molecular weight is 481 g/mol. The van der Waals surface area contributed by atoms with E-state index in [-0.39, 0.29) is 11.6 Å². The van der Waals surface area contributed by atoms with Crippen LogP contribution in [-0.4, -0.2) is 36.2 Å². The number of ether oxygens (including phenoxy) is 1. The van der Waals surface area contributed by atoms with Crippen LogP contribution in [0.5, 0.6) is 5.75 Å². The molecule has 0 aliphatic rings. The predicted molar refractivity (Wildman–Crippen MR) is 112 cm³/mol. The molecule has 11 heteroatoms. The average Bonchev–Trinajstić information content (AvgIpc) is 3.23. The van der Waals surface area contributed by atoms with Crippen molar-refractivity contribution in [3.05, 3.63) is 58.5 Å². The summed E-state index contributed by atoms with van der Waals surface area (Å²) in [6.07, 6.45) is 2.59. The Morgan fingerprint density at radius 3 is 2.68 bits per heavy atom. The van der Waals surface area contributed by atoms with Gasteiger partial charge >= 0.3 is 0 Å². The van der Waals surface area contributed by atoms with E-state index in [1.807, 2.05) is 6.07 Å². The van der Waals surface area contributed by atoms with Crippen LogP contribution in [0, 0.1) is 22.7 Å².